The Morgan fingerprint density at radius 3 is 1.83 bits per heavy atom. The molecule has 1 aliphatic carbocycles. The molecule has 3 aromatic rings. The zero-order valence-electron chi connectivity index (χ0n) is 18.2. The van der Waals surface area contributed by atoms with E-state index in [0.29, 0.717) is 0 Å². The molecule has 0 amide bonds. The second kappa shape index (κ2) is 10.2. The molecule has 0 fully saturated rings. The molecule has 3 aromatic carbocycles. The first-order valence-electron chi connectivity index (χ1n) is 11.0. The Morgan fingerprint density at radius 1 is 0.733 bits per heavy atom. The lowest BCUT2D eigenvalue weighted by atomic mass is 9.93. The van der Waals surface area contributed by atoms with E-state index >= 15 is 0 Å². The summed E-state index contributed by atoms with van der Waals surface area (Å²) in [7, 11) is 2.38. The fourth-order valence-corrected chi connectivity index (χ4v) is 4.78. The Balaban J connectivity index is 0.00000256. The molecule has 0 radical (unpaired) electrons. The fourth-order valence-electron chi connectivity index (χ4n) is 4.78. The van der Waals surface area contributed by atoms with Gasteiger partial charge in [-0.25, -0.2) is 0 Å². The van der Waals surface area contributed by atoms with Crippen molar-refractivity contribution in [2.45, 2.75) is 32.6 Å². The van der Waals surface area contributed by atoms with Crippen LogP contribution in [-0.2, 0) is 12.8 Å². The summed E-state index contributed by atoms with van der Waals surface area (Å²) in [5.41, 5.74) is 8.62. The minimum Gasteiger partial charge on any atom is -1.00 e. The van der Waals surface area contributed by atoms with Crippen LogP contribution in [0.25, 0.3) is 5.57 Å². The van der Waals surface area contributed by atoms with Crippen LogP contribution in [0.5, 0.6) is 0 Å². The Bertz CT molecular complexity index is 943. The second-order valence-electron chi connectivity index (χ2n) is 8.40. The van der Waals surface area contributed by atoms with E-state index in [1.54, 1.807) is 0 Å². The third-order valence-electron chi connectivity index (χ3n) is 6.35. The molecule has 0 spiro atoms. The highest BCUT2D eigenvalue weighted by Gasteiger charge is 2.23. The normalized spacial score (nSPS) is 14.5. The average molecular weight is 462 g/mol. The van der Waals surface area contributed by atoms with Gasteiger partial charge >= 0.3 is 0 Å². The maximum absolute atomic E-state index is 2.50. The first-order valence-corrected chi connectivity index (χ1v) is 11.0. The molecule has 0 heterocycles. The number of benzene rings is 3. The maximum atomic E-state index is 2.50. The molecule has 1 nitrogen and oxygen atoms in total. The molecule has 0 N–H and O–H groups in total. The summed E-state index contributed by atoms with van der Waals surface area (Å²) in [6.07, 6.45) is 7.01. The fraction of sp³-hybridized carbons (Fsp3) is 0.286. The van der Waals surface area contributed by atoms with Gasteiger partial charge in [0.2, 0.25) is 0 Å². The molecule has 2 heteroatoms. The highest BCUT2D eigenvalue weighted by Crippen LogP contribution is 2.34. The molecule has 1 aliphatic rings. The van der Waals surface area contributed by atoms with Gasteiger partial charge in [-0.2, -0.15) is 0 Å². The molecule has 30 heavy (non-hydrogen) atoms. The van der Waals surface area contributed by atoms with Gasteiger partial charge in [0.15, 0.2) is 0 Å². The van der Waals surface area contributed by atoms with Crippen LogP contribution >= 0.6 is 0 Å². The van der Waals surface area contributed by atoms with E-state index in [1.165, 1.54) is 46.5 Å². The second-order valence-corrected chi connectivity index (χ2v) is 8.40. The van der Waals surface area contributed by atoms with Crippen LogP contribution in [0.2, 0.25) is 0 Å². The van der Waals surface area contributed by atoms with Crippen LogP contribution in [-0.4, -0.2) is 20.1 Å². The standard InChI is InChI=1S/C28H32N.BrH/c1-3-21-29(2,25-14-5-4-6-15-25)22-11-18-28-26-16-9-7-12-23(26)19-20-24-13-8-10-17-27(24)28;/h4-10,12-18H,3,11,19-22H2,1-2H3;1H/q+1;/p-1. The van der Waals surface area contributed by atoms with Crippen molar-refractivity contribution in [1.82, 2.24) is 4.48 Å². The van der Waals surface area contributed by atoms with Gasteiger partial charge in [-0.3, -0.25) is 4.48 Å². The lowest BCUT2D eigenvalue weighted by molar-refractivity contribution is -0.00000589. The van der Waals surface area contributed by atoms with Crippen LogP contribution in [0.15, 0.2) is 84.9 Å². The number of quaternary nitrogens is 1. The van der Waals surface area contributed by atoms with Gasteiger partial charge in [-0.15, -0.1) is 0 Å². The van der Waals surface area contributed by atoms with Gasteiger partial charge in [-0.1, -0.05) is 79.7 Å². The van der Waals surface area contributed by atoms with Gasteiger partial charge < -0.3 is 17.0 Å². The van der Waals surface area contributed by atoms with E-state index < -0.39 is 0 Å². The number of nitrogens with zero attached hydrogens (tertiary/aromatic N) is 1. The molecule has 0 aromatic heterocycles. The molecule has 0 aliphatic heterocycles. The van der Waals surface area contributed by atoms with E-state index in [4.69, 9.17) is 0 Å². The third-order valence-corrected chi connectivity index (χ3v) is 6.35. The third kappa shape index (κ3) is 4.77. The summed E-state index contributed by atoms with van der Waals surface area (Å²) in [4.78, 5) is 0. The average Bonchev–Trinajstić information content (AvgIpc) is 2.92. The van der Waals surface area contributed by atoms with Gasteiger partial charge in [0.1, 0.15) is 5.69 Å². The van der Waals surface area contributed by atoms with Crippen LogP contribution in [0.1, 0.15) is 42.0 Å². The minimum absolute atomic E-state index is 0. The molecule has 0 bridgehead atoms. The molecule has 0 saturated heterocycles. The van der Waals surface area contributed by atoms with Gasteiger partial charge in [-0.05, 0) is 59.2 Å². The van der Waals surface area contributed by atoms with Crippen molar-refractivity contribution in [2.75, 3.05) is 20.1 Å². The molecule has 1 atom stereocenters. The summed E-state index contributed by atoms with van der Waals surface area (Å²) in [6.45, 7) is 4.57. The van der Waals surface area contributed by atoms with E-state index in [2.05, 4.69) is 98.9 Å². The van der Waals surface area contributed by atoms with Crippen molar-refractivity contribution in [3.63, 3.8) is 0 Å². The first kappa shape index (κ1) is 22.5. The van der Waals surface area contributed by atoms with Crippen molar-refractivity contribution < 1.29 is 17.0 Å². The monoisotopic (exact) mass is 461 g/mol. The number of halogens is 1. The van der Waals surface area contributed by atoms with Crippen molar-refractivity contribution in [3.05, 3.63) is 107 Å². The maximum Gasteiger partial charge on any atom is 0.132 e. The lowest BCUT2D eigenvalue weighted by Crippen LogP contribution is -3.00. The van der Waals surface area contributed by atoms with E-state index in [0.717, 1.165) is 30.3 Å². The Labute approximate surface area is 192 Å². The quantitative estimate of drug-likeness (QED) is 0.491. The first-order chi connectivity index (χ1) is 14.2. The Hall–Kier alpha value is -2.16. The van der Waals surface area contributed by atoms with Crippen LogP contribution < -0.4 is 21.5 Å². The predicted molar refractivity (Wildman–Crippen MR) is 126 cm³/mol. The van der Waals surface area contributed by atoms with E-state index in [9.17, 15) is 0 Å². The smallest absolute Gasteiger partial charge is 0.132 e. The van der Waals surface area contributed by atoms with Gasteiger partial charge in [0.25, 0.3) is 0 Å². The molecule has 4 rings (SSSR count). The van der Waals surface area contributed by atoms with Crippen LogP contribution in [0, 0.1) is 0 Å². The van der Waals surface area contributed by atoms with Crippen LogP contribution in [0.4, 0.5) is 5.69 Å². The molecular formula is C28H32BrN. The highest BCUT2D eigenvalue weighted by atomic mass is 79.9. The summed E-state index contributed by atoms with van der Waals surface area (Å²) in [6, 6.07) is 28.9. The van der Waals surface area contributed by atoms with Crippen LogP contribution in [0.3, 0.4) is 0 Å². The Morgan fingerprint density at radius 2 is 1.27 bits per heavy atom. The predicted octanol–water partition coefficient (Wildman–Crippen LogP) is 3.66. The molecule has 1 unspecified atom stereocenters. The summed E-state index contributed by atoms with van der Waals surface area (Å²) in [5.74, 6) is 0. The van der Waals surface area contributed by atoms with Gasteiger partial charge in [0, 0.05) is 6.42 Å². The Kier molecular flexibility index (Phi) is 7.69. The summed E-state index contributed by atoms with van der Waals surface area (Å²) in [5, 5.41) is 0. The number of para-hydroxylation sites is 1. The number of hydrogen-bond donors (Lipinski definition) is 0. The topological polar surface area (TPSA) is 0 Å². The van der Waals surface area contributed by atoms with Crippen molar-refractivity contribution >= 4 is 11.3 Å². The molecule has 0 saturated carbocycles. The van der Waals surface area contributed by atoms with Gasteiger partial charge in [0.05, 0.1) is 20.1 Å². The van der Waals surface area contributed by atoms with E-state index in [-0.39, 0.29) is 17.0 Å². The van der Waals surface area contributed by atoms with Crippen molar-refractivity contribution in [3.8, 4) is 0 Å². The molecule has 156 valence electrons. The zero-order chi connectivity index (χ0) is 20.1. The minimum atomic E-state index is 0. The zero-order valence-corrected chi connectivity index (χ0v) is 19.7. The highest BCUT2D eigenvalue weighted by molar-refractivity contribution is 5.83. The van der Waals surface area contributed by atoms with Crippen molar-refractivity contribution in [1.29, 1.82) is 0 Å². The summed E-state index contributed by atoms with van der Waals surface area (Å²) >= 11 is 0. The largest absolute Gasteiger partial charge is 1.00 e. The van der Waals surface area contributed by atoms with E-state index in [1.807, 2.05) is 0 Å². The van der Waals surface area contributed by atoms with Crippen molar-refractivity contribution in [2.24, 2.45) is 0 Å². The summed E-state index contributed by atoms with van der Waals surface area (Å²) < 4.78 is 0.990. The number of hydrogen-bond acceptors (Lipinski definition) is 0. The number of fused-ring (bicyclic) bond motifs is 2. The SMILES string of the molecule is CCC[N+](C)(CCC=C1c2ccccc2CCc2ccccc21)c1ccccc1.[Br-]. The molecular weight excluding hydrogens is 430 g/mol. The number of rotatable bonds is 6. The lowest BCUT2D eigenvalue weighted by Gasteiger charge is -2.33. The number of aryl methyl sites for hydroxylation is 2.